The fourth-order valence-electron chi connectivity index (χ4n) is 4.76. The van der Waals surface area contributed by atoms with Gasteiger partial charge in [0, 0.05) is 42.2 Å². The van der Waals surface area contributed by atoms with Crippen molar-refractivity contribution in [3.05, 3.63) is 29.2 Å². The summed E-state index contributed by atoms with van der Waals surface area (Å²) in [4.78, 5) is 4.60. The average Bonchev–Trinajstić information content (AvgIpc) is 2.97. The topological polar surface area (TPSA) is 51.5 Å². The summed E-state index contributed by atoms with van der Waals surface area (Å²) in [6.45, 7) is 7.29. The maximum Gasteiger partial charge on any atom is 0.155 e. The number of ether oxygens (including phenoxy) is 1. The zero-order valence-corrected chi connectivity index (χ0v) is 15.7. The highest BCUT2D eigenvalue weighted by Crippen LogP contribution is 2.39. The van der Waals surface area contributed by atoms with Crippen LogP contribution in [0.15, 0.2) is 12.3 Å². The van der Waals surface area contributed by atoms with Gasteiger partial charge in [-0.15, -0.1) is 0 Å². The van der Waals surface area contributed by atoms with Crippen molar-refractivity contribution in [3.63, 3.8) is 0 Å². The molecule has 2 aliphatic rings. The minimum absolute atomic E-state index is 0.143. The highest BCUT2D eigenvalue weighted by molar-refractivity contribution is 5.42. The molecule has 1 aliphatic heterocycles. The summed E-state index contributed by atoms with van der Waals surface area (Å²) in [6, 6.07) is 2.82. The zero-order chi connectivity index (χ0) is 17.4. The summed E-state index contributed by atoms with van der Waals surface area (Å²) in [5, 5.41) is 8.44. The van der Waals surface area contributed by atoms with Gasteiger partial charge in [0.15, 0.2) is 5.65 Å². The third-order valence-corrected chi connectivity index (χ3v) is 6.09. The Morgan fingerprint density at radius 2 is 2.08 bits per heavy atom. The molecular weight excluding hydrogens is 312 g/mol. The number of hydrogen-bond donors (Lipinski definition) is 1. The Hall–Kier alpha value is -1.46. The van der Waals surface area contributed by atoms with Crippen LogP contribution in [0.2, 0.25) is 0 Å². The van der Waals surface area contributed by atoms with E-state index in [1.54, 1.807) is 0 Å². The van der Waals surface area contributed by atoms with E-state index in [1.807, 2.05) is 23.7 Å². The minimum Gasteiger partial charge on any atom is -0.375 e. The first kappa shape index (κ1) is 17.0. The predicted octanol–water partition coefficient (Wildman–Crippen LogP) is 3.88. The first-order valence-corrected chi connectivity index (χ1v) is 9.78. The molecule has 0 aromatic carbocycles. The van der Waals surface area contributed by atoms with Crippen LogP contribution in [0.25, 0.3) is 5.65 Å². The highest BCUT2D eigenvalue weighted by Gasteiger charge is 2.38. The Labute approximate surface area is 150 Å². The second kappa shape index (κ2) is 6.69. The molecule has 5 nitrogen and oxygen atoms in total. The lowest BCUT2D eigenvalue weighted by atomic mass is 9.78. The molecule has 2 fully saturated rings. The second-order valence-electron chi connectivity index (χ2n) is 8.02. The van der Waals surface area contributed by atoms with Crippen LogP contribution in [-0.2, 0) is 4.74 Å². The van der Waals surface area contributed by atoms with Gasteiger partial charge >= 0.3 is 0 Å². The van der Waals surface area contributed by atoms with Crippen LogP contribution in [0.4, 0.5) is 0 Å². The molecule has 1 N–H and O–H groups in total. The summed E-state index contributed by atoms with van der Waals surface area (Å²) < 4.78 is 8.21. The monoisotopic (exact) mass is 342 g/mol. The van der Waals surface area contributed by atoms with Gasteiger partial charge in [0.25, 0.3) is 0 Å². The Morgan fingerprint density at radius 1 is 1.28 bits per heavy atom. The molecule has 5 heteroatoms. The van der Waals surface area contributed by atoms with Crippen molar-refractivity contribution in [3.8, 4) is 0 Å². The smallest absolute Gasteiger partial charge is 0.155 e. The van der Waals surface area contributed by atoms with Gasteiger partial charge in [0.05, 0.1) is 11.3 Å². The highest BCUT2D eigenvalue weighted by atomic mass is 16.5. The third-order valence-electron chi connectivity index (χ3n) is 6.09. The molecule has 2 aromatic rings. The number of nitrogens with zero attached hydrogens (tertiary/aromatic N) is 3. The van der Waals surface area contributed by atoms with E-state index in [0.29, 0.717) is 6.04 Å². The Bertz CT molecular complexity index is 742. The van der Waals surface area contributed by atoms with Crippen molar-refractivity contribution >= 4 is 5.65 Å². The number of aryl methyl sites for hydroxylation is 2. The lowest BCUT2D eigenvalue weighted by molar-refractivity contribution is -0.110. The molecule has 2 aromatic heterocycles. The Balaban J connectivity index is 1.49. The summed E-state index contributed by atoms with van der Waals surface area (Å²) in [7, 11) is 0. The number of hydrogen-bond acceptors (Lipinski definition) is 4. The van der Waals surface area contributed by atoms with Gasteiger partial charge in [-0.05, 0) is 46.5 Å². The van der Waals surface area contributed by atoms with E-state index in [2.05, 4.69) is 29.2 Å². The van der Waals surface area contributed by atoms with E-state index in [0.717, 1.165) is 30.8 Å². The first-order chi connectivity index (χ1) is 12.1. The third kappa shape index (κ3) is 3.32. The van der Waals surface area contributed by atoms with Gasteiger partial charge in [0.1, 0.15) is 0 Å². The fraction of sp³-hybridized carbons (Fsp3) is 0.700. The van der Waals surface area contributed by atoms with Crippen LogP contribution >= 0.6 is 0 Å². The molecule has 0 amide bonds. The Morgan fingerprint density at radius 3 is 2.88 bits per heavy atom. The van der Waals surface area contributed by atoms with Gasteiger partial charge in [-0.3, -0.25) is 0 Å². The fourth-order valence-corrected chi connectivity index (χ4v) is 4.76. The lowest BCUT2D eigenvalue weighted by Gasteiger charge is -2.44. The number of fused-ring (bicyclic) bond motifs is 1. The van der Waals surface area contributed by atoms with Crippen LogP contribution in [0, 0.1) is 13.8 Å². The molecule has 0 bridgehead atoms. The van der Waals surface area contributed by atoms with Crippen LogP contribution in [0.3, 0.4) is 0 Å². The van der Waals surface area contributed by atoms with Gasteiger partial charge in [0.2, 0.25) is 0 Å². The van der Waals surface area contributed by atoms with Crippen molar-refractivity contribution < 1.29 is 4.74 Å². The molecule has 3 heterocycles. The maximum absolute atomic E-state index is 6.24. The molecule has 2 atom stereocenters. The number of nitrogens with one attached hydrogen (secondary N) is 1. The SMILES string of the molecule is Cc1cc2ncc([C@@H](C)N[C@@H]3CCOC4(CCCCC4)C3)c(C)n2n1. The normalized spacial score (nSPS) is 24.7. The summed E-state index contributed by atoms with van der Waals surface area (Å²) in [6.07, 6.45) is 10.7. The molecule has 1 aliphatic carbocycles. The quantitative estimate of drug-likeness (QED) is 0.920. The molecule has 0 unspecified atom stereocenters. The molecular formula is C20H30N4O. The van der Waals surface area contributed by atoms with Gasteiger partial charge in [-0.25, -0.2) is 9.50 Å². The first-order valence-electron chi connectivity index (χ1n) is 9.78. The number of rotatable bonds is 3. The van der Waals surface area contributed by atoms with Crippen molar-refractivity contribution in [1.29, 1.82) is 0 Å². The summed E-state index contributed by atoms with van der Waals surface area (Å²) in [5.74, 6) is 0. The minimum atomic E-state index is 0.143. The van der Waals surface area contributed by atoms with E-state index in [1.165, 1.54) is 43.4 Å². The standard InChI is InChI=1S/C20H30N4O/c1-14-11-19-21-13-18(16(3)24(19)23-14)15(2)22-17-7-10-25-20(12-17)8-5-4-6-9-20/h11,13,15,17,22H,4-10,12H2,1-3H3/t15-,17-/m1/s1. The largest absolute Gasteiger partial charge is 0.375 e. The van der Waals surface area contributed by atoms with E-state index >= 15 is 0 Å². The average molecular weight is 342 g/mol. The van der Waals surface area contributed by atoms with E-state index in [-0.39, 0.29) is 11.6 Å². The van der Waals surface area contributed by atoms with E-state index < -0.39 is 0 Å². The summed E-state index contributed by atoms with van der Waals surface area (Å²) >= 11 is 0. The zero-order valence-electron chi connectivity index (χ0n) is 15.7. The predicted molar refractivity (Wildman–Crippen MR) is 98.8 cm³/mol. The van der Waals surface area contributed by atoms with E-state index in [4.69, 9.17) is 4.74 Å². The van der Waals surface area contributed by atoms with Crippen molar-refractivity contribution in [2.24, 2.45) is 0 Å². The maximum atomic E-state index is 6.24. The van der Waals surface area contributed by atoms with Crippen molar-refractivity contribution in [1.82, 2.24) is 19.9 Å². The van der Waals surface area contributed by atoms with E-state index in [9.17, 15) is 0 Å². The van der Waals surface area contributed by atoms with Crippen molar-refractivity contribution in [2.75, 3.05) is 6.61 Å². The van der Waals surface area contributed by atoms with Crippen LogP contribution in [-0.4, -0.2) is 32.8 Å². The summed E-state index contributed by atoms with van der Waals surface area (Å²) in [5.41, 5.74) is 4.50. The molecule has 1 spiro atoms. The Kier molecular flexibility index (Phi) is 4.54. The van der Waals surface area contributed by atoms with Gasteiger partial charge < -0.3 is 10.1 Å². The van der Waals surface area contributed by atoms with Gasteiger partial charge in [-0.2, -0.15) is 5.10 Å². The second-order valence-corrected chi connectivity index (χ2v) is 8.02. The van der Waals surface area contributed by atoms with Crippen LogP contribution in [0.1, 0.15) is 74.9 Å². The van der Waals surface area contributed by atoms with Crippen LogP contribution in [0.5, 0.6) is 0 Å². The van der Waals surface area contributed by atoms with Crippen LogP contribution < -0.4 is 5.32 Å². The molecule has 0 radical (unpaired) electrons. The molecule has 4 rings (SSSR count). The molecule has 136 valence electrons. The molecule has 25 heavy (non-hydrogen) atoms. The van der Waals surface area contributed by atoms with Crippen molar-refractivity contribution in [2.45, 2.75) is 83.4 Å². The molecule has 1 saturated heterocycles. The lowest BCUT2D eigenvalue weighted by Crippen LogP contribution is -2.48. The number of aromatic nitrogens is 3. The van der Waals surface area contributed by atoms with Gasteiger partial charge in [-0.1, -0.05) is 19.3 Å². The molecule has 1 saturated carbocycles.